The molecule has 18 heavy (non-hydrogen) atoms. The first-order valence-electron chi connectivity index (χ1n) is 6.84. The van der Waals surface area contributed by atoms with E-state index in [0.29, 0.717) is 17.6 Å². The van der Waals surface area contributed by atoms with Gasteiger partial charge in [-0.25, -0.2) is 4.79 Å². The molecule has 98 valence electrons. The quantitative estimate of drug-likeness (QED) is 0.779. The average molecular weight is 250 g/mol. The molecule has 1 aliphatic heterocycles. The molecular weight excluding hydrogens is 232 g/mol. The molecule has 0 aromatic carbocycles. The Morgan fingerprint density at radius 2 is 1.83 bits per heavy atom. The van der Waals surface area contributed by atoms with E-state index in [2.05, 4.69) is 0 Å². The highest BCUT2D eigenvalue weighted by atomic mass is 16.6. The van der Waals surface area contributed by atoms with E-state index in [0.717, 1.165) is 32.1 Å². The van der Waals surface area contributed by atoms with Crippen molar-refractivity contribution in [3.63, 3.8) is 0 Å². The van der Waals surface area contributed by atoms with E-state index < -0.39 is 5.97 Å². The first kappa shape index (κ1) is 11.9. The molecule has 0 aromatic rings. The van der Waals surface area contributed by atoms with Crippen molar-refractivity contribution >= 4 is 11.8 Å². The Hall–Kier alpha value is -1.16. The number of carboxylic acid groups (broad SMARTS) is 1. The zero-order chi connectivity index (χ0) is 12.7. The smallest absolute Gasteiger partial charge is 0.332 e. The summed E-state index contributed by atoms with van der Waals surface area (Å²) >= 11 is 0. The summed E-state index contributed by atoms with van der Waals surface area (Å²) < 4.78 is 5.44. The molecule has 2 fully saturated rings. The lowest BCUT2D eigenvalue weighted by Crippen LogP contribution is -2.27. The van der Waals surface area contributed by atoms with E-state index in [4.69, 9.17) is 4.74 Å². The molecule has 2 unspecified atom stereocenters. The summed E-state index contributed by atoms with van der Waals surface area (Å²) in [5, 5.41) is 9.23. The molecule has 1 saturated heterocycles. The van der Waals surface area contributed by atoms with Crippen molar-refractivity contribution in [1.82, 2.24) is 0 Å². The van der Waals surface area contributed by atoms with E-state index in [1.165, 1.54) is 6.42 Å². The number of carbonyl (C=O) groups is 2. The van der Waals surface area contributed by atoms with Crippen molar-refractivity contribution in [2.24, 2.45) is 5.92 Å². The van der Waals surface area contributed by atoms with Crippen LogP contribution in [0, 0.1) is 5.92 Å². The molecule has 1 saturated carbocycles. The van der Waals surface area contributed by atoms with E-state index in [9.17, 15) is 14.7 Å². The summed E-state index contributed by atoms with van der Waals surface area (Å²) in [6.07, 6.45) is 6.30. The van der Waals surface area contributed by atoms with Crippen LogP contribution in [-0.4, -0.2) is 29.1 Å². The number of hydrogen-bond acceptors (Lipinski definition) is 3. The van der Waals surface area contributed by atoms with Crippen LogP contribution in [0.2, 0.25) is 0 Å². The molecule has 4 nitrogen and oxygen atoms in total. The monoisotopic (exact) mass is 250 g/mol. The van der Waals surface area contributed by atoms with Gasteiger partial charge in [-0.1, -0.05) is 19.3 Å². The molecule has 0 spiro atoms. The largest absolute Gasteiger partial charge is 0.478 e. The average Bonchev–Trinajstić information content (AvgIpc) is 3.16. The third-order valence-electron chi connectivity index (χ3n) is 4.37. The maximum atomic E-state index is 12.5. The number of rotatable bonds is 3. The second-order valence-electron chi connectivity index (χ2n) is 5.53. The van der Waals surface area contributed by atoms with Crippen molar-refractivity contribution in [3.05, 3.63) is 11.1 Å². The molecule has 0 aromatic heterocycles. The van der Waals surface area contributed by atoms with Crippen molar-refractivity contribution < 1.29 is 19.4 Å². The molecule has 2 aliphatic carbocycles. The van der Waals surface area contributed by atoms with E-state index >= 15 is 0 Å². The van der Waals surface area contributed by atoms with Crippen LogP contribution >= 0.6 is 0 Å². The lowest BCUT2D eigenvalue weighted by molar-refractivity contribution is -0.133. The summed E-state index contributed by atoms with van der Waals surface area (Å²) in [6, 6.07) is 0. The summed E-state index contributed by atoms with van der Waals surface area (Å²) in [5.74, 6) is -0.853. The van der Waals surface area contributed by atoms with Gasteiger partial charge in [0.25, 0.3) is 0 Å². The van der Waals surface area contributed by atoms with Gasteiger partial charge >= 0.3 is 5.97 Å². The van der Waals surface area contributed by atoms with Crippen molar-refractivity contribution in [1.29, 1.82) is 0 Å². The van der Waals surface area contributed by atoms with Gasteiger partial charge in [0.1, 0.15) is 6.10 Å². The number of aliphatic carboxylic acids is 1. The van der Waals surface area contributed by atoms with Gasteiger partial charge in [-0.2, -0.15) is 0 Å². The molecule has 0 amide bonds. The normalized spacial score (nSPS) is 32.0. The van der Waals surface area contributed by atoms with Crippen molar-refractivity contribution in [2.75, 3.05) is 0 Å². The van der Waals surface area contributed by atoms with Gasteiger partial charge in [-0.05, 0) is 25.7 Å². The Morgan fingerprint density at radius 1 is 1.11 bits per heavy atom. The van der Waals surface area contributed by atoms with Crippen LogP contribution in [-0.2, 0) is 14.3 Å². The molecule has 3 aliphatic rings. The highest BCUT2D eigenvalue weighted by Crippen LogP contribution is 2.43. The molecule has 0 bridgehead atoms. The number of carboxylic acids is 1. The van der Waals surface area contributed by atoms with Crippen molar-refractivity contribution in [2.45, 2.75) is 57.2 Å². The minimum atomic E-state index is -0.942. The topological polar surface area (TPSA) is 66.9 Å². The Bertz CT molecular complexity index is 418. The minimum absolute atomic E-state index is 0.0334. The van der Waals surface area contributed by atoms with Crippen LogP contribution in [0.5, 0.6) is 0 Å². The Morgan fingerprint density at radius 3 is 2.50 bits per heavy atom. The summed E-state index contributed by atoms with van der Waals surface area (Å²) in [7, 11) is 0. The number of epoxide rings is 1. The highest BCUT2D eigenvalue weighted by Gasteiger charge is 2.50. The van der Waals surface area contributed by atoms with Gasteiger partial charge in [0.05, 0.1) is 6.10 Å². The number of ether oxygens (including phenoxy) is 1. The van der Waals surface area contributed by atoms with Crippen molar-refractivity contribution in [3.8, 4) is 0 Å². The third-order valence-corrected chi connectivity index (χ3v) is 4.37. The number of carbonyl (C=O) groups excluding carboxylic acids is 1. The van der Waals surface area contributed by atoms with E-state index in [-0.39, 0.29) is 23.9 Å². The summed E-state index contributed by atoms with van der Waals surface area (Å²) in [6.45, 7) is 0. The van der Waals surface area contributed by atoms with E-state index in [1.807, 2.05) is 0 Å². The zero-order valence-electron chi connectivity index (χ0n) is 10.4. The third kappa shape index (κ3) is 1.99. The first-order chi connectivity index (χ1) is 8.68. The number of hydrogen-bond donors (Lipinski definition) is 1. The molecule has 0 radical (unpaired) electrons. The fourth-order valence-electron chi connectivity index (χ4n) is 3.31. The standard InChI is InChI=1S/C14H18O4/c15-12(8-4-2-1-3-5-8)11-9(14(16)17)6-7-10-13(11)18-10/h8,10,13H,1-7H2,(H,16,17). The molecule has 2 atom stereocenters. The SMILES string of the molecule is O=C(O)C1=C(C(=O)C2CCCCC2)C2OC2CC1. The van der Waals surface area contributed by atoms with Crippen LogP contribution in [0.25, 0.3) is 0 Å². The predicted molar refractivity (Wildman–Crippen MR) is 64.1 cm³/mol. The lowest BCUT2D eigenvalue weighted by atomic mass is 9.79. The first-order valence-corrected chi connectivity index (χ1v) is 6.84. The Balaban J connectivity index is 1.87. The molecule has 1 heterocycles. The number of ketones is 1. The number of Topliss-reactive ketones (excluding diaryl/α,β-unsaturated/α-hetero) is 1. The van der Waals surface area contributed by atoms with Crippen LogP contribution in [0.3, 0.4) is 0 Å². The molecule has 4 heteroatoms. The second-order valence-corrected chi connectivity index (χ2v) is 5.53. The van der Waals surface area contributed by atoms with Crippen LogP contribution < -0.4 is 0 Å². The van der Waals surface area contributed by atoms with Gasteiger partial charge in [0.15, 0.2) is 5.78 Å². The lowest BCUT2D eigenvalue weighted by Gasteiger charge is -2.23. The van der Waals surface area contributed by atoms with Gasteiger partial charge < -0.3 is 9.84 Å². The Labute approximate surface area is 106 Å². The van der Waals surface area contributed by atoms with E-state index in [1.54, 1.807) is 0 Å². The minimum Gasteiger partial charge on any atom is -0.478 e. The van der Waals surface area contributed by atoms with Gasteiger partial charge in [-0.15, -0.1) is 0 Å². The molecule has 3 rings (SSSR count). The molecular formula is C14H18O4. The number of fused-ring (bicyclic) bond motifs is 1. The Kier molecular flexibility index (Phi) is 2.98. The highest BCUT2D eigenvalue weighted by molar-refractivity contribution is 6.06. The van der Waals surface area contributed by atoms with Gasteiger partial charge in [0, 0.05) is 17.1 Å². The van der Waals surface area contributed by atoms with Gasteiger partial charge in [0.2, 0.25) is 0 Å². The fourth-order valence-corrected chi connectivity index (χ4v) is 3.31. The maximum Gasteiger partial charge on any atom is 0.332 e. The molecule has 1 N–H and O–H groups in total. The van der Waals surface area contributed by atoms with Crippen LogP contribution in [0.1, 0.15) is 44.9 Å². The second kappa shape index (κ2) is 4.50. The van der Waals surface area contributed by atoms with Gasteiger partial charge in [-0.3, -0.25) is 4.79 Å². The predicted octanol–water partition coefficient (Wildman–Crippen LogP) is 2.08. The summed E-state index contributed by atoms with van der Waals surface area (Å²) in [5.41, 5.74) is 0.801. The van der Waals surface area contributed by atoms with Crippen LogP contribution in [0.4, 0.5) is 0 Å². The van der Waals surface area contributed by atoms with Crippen LogP contribution in [0.15, 0.2) is 11.1 Å². The zero-order valence-corrected chi connectivity index (χ0v) is 10.4. The fraction of sp³-hybridized carbons (Fsp3) is 0.714. The maximum absolute atomic E-state index is 12.5. The summed E-state index contributed by atoms with van der Waals surface area (Å²) in [4.78, 5) is 23.8.